The zero-order valence-electron chi connectivity index (χ0n) is 11.6. The topological polar surface area (TPSA) is 66.3 Å². The van der Waals surface area contributed by atoms with Gasteiger partial charge in [-0.1, -0.05) is 11.8 Å². The second kappa shape index (κ2) is 6.41. The lowest BCUT2D eigenvalue weighted by molar-refractivity contribution is -0.130. The lowest BCUT2D eigenvalue weighted by atomic mass is 10.1. The van der Waals surface area contributed by atoms with Gasteiger partial charge in [0.05, 0.1) is 17.4 Å². The molecule has 0 spiro atoms. The van der Waals surface area contributed by atoms with E-state index in [9.17, 15) is 9.90 Å². The number of likely N-dealkylation sites (tertiary alicyclic amines) is 1. The van der Waals surface area contributed by atoms with Crippen molar-refractivity contribution in [3.63, 3.8) is 0 Å². The number of pyridine rings is 2. The maximum atomic E-state index is 12.2. The molecule has 5 nitrogen and oxygen atoms in total. The summed E-state index contributed by atoms with van der Waals surface area (Å²) in [6.07, 6.45) is 4.56. The molecule has 0 aromatic carbocycles. The highest BCUT2D eigenvalue weighted by atomic mass is 32.2. The van der Waals surface area contributed by atoms with Gasteiger partial charge in [0.15, 0.2) is 0 Å². The number of nitrogens with zero attached hydrogens (tertiary/aromatic N) is 3. The first-order chi connectivity index (χ1) is 10.2. The first-order valence-corrected chi connectivity index (χ1v) is 8.01. The molecule has 3 rings (SSSR count). The van der Waals surface area contributed by atoms with Crippen LogP contribution in [0.3, 0.4) is 0 Å². The molecule has 6 heteroatoms. The van der Waals surface area contributed by atoms with Gasteiger partial charge in [0.2, 0.25) is 5.91 Å². The summed E-state index contributed by atoms with van der Waals surface area (Å²) < 4.78 is 0. The van der Waals surface area contributed by atoms with Crippen LogP contribution in [-0.2, 0) is 4.79 Å². The van der Waals surface area contributed by atoms with Crippen LogP contribution >= 0.6 is 11.8 Å². The average Bonchev–Trinajstić information content (AvgIpc) is 2.53. The van der Waals surface area contributed by atoms with Gasteiger partial charge in [-0.15, -0.1) is 0 Å². The SMILES string of the molecule is O=C(CSc1nccc2ncccc12)N1CCC(O)CC1. The summed E-state index contributed by atoms with van der Waals surface area (Å²) in [5.41, 5.74) is 0.892. The first-order valence-electron chi connectivity index (χ1n) is 7.02. The van der Waals surface area contributed by atoms with E-state index in [0.717, 1.165) is 15.9 Å². The molecule has 1 fully saturated rings. The lowest BCUT2D eigenvalue weighted by Gasteiger charge is -2.29. The van der Waals surface area contributed by atoms with E-state index < -0.39 is 0 Å². The van der Waals surface area contributed by atoms with Gasteiger partial charge in [0.1, 0.15) is 5.03 Å². The Morgan fingerprint density at radius 1 is 1.29 bits per heavy atom. The van der Waals surface area contributed by atoms with Crippen LogP contribution in [0.1, 0.15) is 12.8 Å². The summed E-state index contributed by atoms with van der Waals surface area (Å²) in [7, 11) is 0. The normalized spacial score (nSPS) is 16.3. The number of carbonyl (C=O) groups is 1. The molecule has 0 saturated carbocycles. The third-order valence-electron chi connectivity index (χ3n) is 3.64. The second-order valence-electron chi connectivity index (χ2n) is 5.09. The Labute approximate surface area is 127 Å². The molecule has 21 heavy (non-hydrogen) atoms. The van der Waals surface area contributed by atoms with Crippen LogP contribution in [0.15, 0.2) is 35.6 Å². The quantitative estimate of drug-likeness (QED) is 0.874. The molecular formula is C15H17N3O2S. The molecule has 0 atom stereocenters. The monoisotopic (exact) mass is 303 g/mol. The lowest BCUT2D eigenvalue weighted by Crippen LogP contribution is -2.40. The number of aliphatic hydroxyl groups is 1. The van der Waals surface area contributed by atoms with E-state index in [1.54, 1.807) is 12.4 Å². The van der Waals surface area contributed by atoms with E-state index >= 15 is 0 Å². The van der Waals surface area contributed by atoms with Crippen LogP contribution < -0.4 is 0 Å². The zero-order valence-corrected chi connectivity index (χ0v) is 12.4. The predicted octanol–water partition coefficient (Wildman–Crippen LogP) is 1.71. The fourth-order valence-corrected chi connectivity index (χ4v) is 3.33. The van der Waals surface area contributed by atoms with Crippen molar-refractivity contribution in [2.75, 3.05) is 18.8 Å². The highest BCUT2D eigenvalue weighted by Gasteiger charge is 2.21. The van der Waals surface area contributed by atoms with Crippen LogP contribution in [-0.4, -0.2) is 50.8 Å². The van der Waals surface area contributed by atoms with Crippen molar-refractivity contribution in [3.05, 3.63) is 30.6 Å². The molecular weight excluding hydrogens is 286 g/mol. The van der Waals surface area contributed by atoms with Crippen LogP contribution in [0, 0.1) is 0 Å². The number of hydrogen-bond donors (Lipinski definition) is 1. The Kier molecular flexibility index (Phi) is 4.36. The fraction of sp³-hybridized carbons (Fsp3) is 0.400. The Balaban J connectivity index is 1.65. The van der Waals surface area contributed by atoms with Crippen molar-refractivity contribution >= 4 is 28.6 Å². The van der Waals surface area contributed by atoms with Crippen LogP contribution in [0.5, 0.6) is 0 Å². The zero-order chi connectivity index (χ0) is 14.7. The van der Waals surface area contributed by atoms with E-state index in [0.29, 0.717) is 31.7 Å². The van der Waals surface area contributed by atoms with Crippen LogP contribution in [0.4, 0.5) is 0 Å². The molecule has 0 aliphatic carbocycles. The van der Waals surface area contributed by atoms with E-state index in [2.05, 4.69) is 9.97 Å². The molecule has 0 radical (unpaired) electrons. The standard InChI is InChI=1S/C15H17N3O2S/c19-11-4-8-18(9-5-11)14(20)10-21-15-12-2-1-6-16-13(12)3-7-17-15/h1-3,6-7,11,19H,4-5,8-10H2. The fourth-order valence-electron chi connectivity index (χ4n) is 2.43. The summed E-state index contributed by atoms with van der Waals surface area (Å²) in [5.74, 6) is 0.478. The van der Waals surface area contributed by atoms with Gasteiger partial charge >= 0.3 is 0 Å². The number of aromatic nitrogens is 2. The molecule has 3 heterocycles. The molecule has 110 valence electrons. The van der Waals surface area contributed by atoms with Gasteiger partial charge in [-0.05, 0) is 31.0 Å². The van der Waals surface area contributed by atoms with Gasteiger partial charge in [0.25, 0.3) is 0 Å². The molecule has 1 N–H and O–H groups in total. The third kappa shape index (κ3) is 3.33. The smallest absolute Gasteiger partial charge is 0.232 e. The third-order valence-corrected chi connectivity index (χ3v) is 4.63. The number of piperidine rings is 1. The molecule has 0 bridgehead atoms. The summed E-state index contributed by atoms with van der Waals surface area (Å²) in [4.78, 5) is 22.7. The van der Waals surface area contributed by atoms with E-state index in [1.807, 2.05) is 23.1 Å². The Morgan fingerprint density at radius 2 is 2.10 bits per heavy atom. The number of hydrogen-bond acceptors (Lipinski definition) is 5. The number of amides is 1. The highest BCUT2D eigenvalue weighted by molar-refractivity contribution is 8.00. The van der Waals surface area contributed by atoms with Crippen molar-refractivity contribution in [1.29, 1.82) is 0 Å². The second-order valence-corrected chi connectivity index (χ2v) is 6.05. The summed E-state index contributed by atoms with van der Waals surface area (Å²) in [6.45, 7) is 1.29. The molecule has 2 aromatic rings. The summed E-state index contributed by atoms with van der Waals surface area (Å²) in [6, 6.07) is 5.72. The van der Waals surface area contributed by atoms with E-state index in [4.69, 9.17) is 0 Å². The van der Waals surface area contributed by atoms with Crippen molar-refractivity contribution in [2.24, 2.45) is 0 Å². The number of aliphatic hydroxyl groups excluding tert-OH is 1. The largest absolute Gasteiger partial charge is 0.393 e. The Morgan fingerprint density at radius 3 is 2.90 bits per heavy atom. The van der Waals surface area contributed by atoms with Crippen LogP contribution in [0.25, 0.3) is 10.9 Å². The van der Waals surface area contributed by atoms with Crippen molar-refractivity contribution < 1.29 is 9.90 Å². The minimum Gasteiger partial charge on any atom is -0.393 e. The first kappa shape index (κ1) is 14.3. The number of carbonyl (C=O) groups excluding carboxylic acids is 1. The highest BCUT2D eigenvalue weighted by Crippen LogP contribution is 2.24. The molecule has 1 aliphatic rings. The molecule has 0 unspecified atom stereocenters. The number of fused-ring (bicyclic) bond motifs is 1. The van der Waals surface area contributed by atoms with E-state index in [-0.39, 0.29) is 12.0 Å². The Bertz CT molecular complexity index is 636. The van der Waals surface area contributed by atoms with Crippen LogP contribution in [0.2, 0.25) is 0 Å². The van der Waals surface area contributed by atoms with Gasteiger partial charge in [-0.2, -0.15) is 0 Å². The van der Waals surface area contributed by atoms with Gasteiger partial charge in [-0.3, -0.25) is 9.78 Å². The summed E-state index contributed by atoms with van der Waals surface area (Å²) >= 11 is 1.45. The minimum atomic E-state index is -0.257. The predicted molar refractivity (Wildman–Crippen MR) is 82.1 cm³/mol. The maximum absolute atomic E-state index is 12.2. The van der Waals surface area contributed by atoms with Crippen molar-refractivity contribution in [1.82, 2.24) is 14.9 Å². The molecule has 2 aromatic heterocycles. The molecule has 1 saturated heterocycles. The van der Waals surface area contributed by atoms with E-state index in [1.165, 1.54) is 11.8 Å². The Hall–Kier alpha value is -1.66. The maximum Gasteiger partial charge on any atom is 0.232 e. The van der Waals surface area contributed by atoms with Gasteiger partial charge < -0.3 is 10.0 Å². The number of thioether (sulfide) groups is 1. The molecule has 1 aliphatic heterocycles. The average molecular weight is 303 g/mol. The van der Waals surface area contributed by atoms with Crippen molar-refractivity contribution in [2.45, 2.75) is 24.0 Å². The minimum absolute atomic E-state index is 0.106. The van der Waals surface area contributed by atoms with Crippen molar-refractivity contribution in [3.8, 4) is 0 Å². The van der Waals surface area contributed by atoms with Gasteiger partial charge in [0, 0.05) is 30.9 Å². The summed E-state index contributed by atoms with van der Waals surface area (Å²) in [5, 5.41) is 11.3. The van der Waals surface area contributed by atoms with Gasteiger partial charge in [-0.25, -0.2) is 4.98 Å². The molecule has 1 amide bonds. The number of rotatable bonds is 3.